The van der Waals surface area contributed by atoms with E-state index >= 15 is 0 Å². The molecule has 12 heavy (non-hydrogen) atoms. The molecule has 1 rings (SSSR count). The third-order valence-corrected chi connectivity index (χ3v) is 1.29. The van der Waals surface area contributed by atoms with Crippen molar-refractivity contribution in [3.05, 3.63) is 42.2 Å². The SMILES string of the molecule is CC#COC=Cc1ccccc1. The molecule has 0 unspecified atom stereocenters. The van der Waals surface area contributed by atoms with Crippen molar-refractivity contribution in [3.8, 4) is 12.0 Å². The van der Waals surface area contributed by atoms with Crippen molar-refractivity contribution in [2.45, 2.75) is 6.92 Å². The van der Waals surface area contributed by atoms with Gasteiger partial charge in [0, 0.05) is 6.92 Å². The summed E-state index contributed by atoms with van der Waals surface area (Å²) in [6.45, 7) is 1.73. The van der Waals surface area contributed by atoms with Gasteiger partial charge in [-0.15, -0.1) is 0 Å². The largest absolute Gasteiger partial charge is 0.415 e. The minimum Gasteiger partial charge on any atom is -0.415 e. The maximum absolute atomic E-state index is 4.85. The van der Waals surface area contributed by atoms with Crippen molar-refractivity contribution >= 4 is 6.08 Å². The highest BCUT2D eigenvalue weighted by atomic mass is 16.5. The van der Waals surface area contributed by atoms with Crippen LogP contribution in [0.3, 0.4) is 0 Å². The van der Waals surface area contributed by atoms with Crippen LogP contribution in [0.2, 0.25) is 0 Å². The minimum atomic E-state index is 1.11. The zero-order valence-electron chi connectivity index (χ0n) is 6.95. The number of benzene rings is 1. The van der Waals surface area contributed by atoms with E-state index in [0.29, 0.717) is 0 Å². The molecule has 0 aromatic heterocycles. The quantitative estimate of drug-likeness (QED) is 0.475. The molecule has 0 heterocycles. The molecule has 1 aromatic carbocycles. The zero-order valence-corrected chi connectivity index (χ0v) is 6.95. The Labute approximate surface area is 72.7 Å². The summed E-state index contributed by atoms with van der Waals surface area (Å²) in [5.41, 5.74) is 1.11. The molecule has 0 saturated heterocycles. The lowest BCUT2D eigenvalue weighted by atomic mass is 10.2. The van der Waals surface area contributed by atoms with E-state index in [0.717, 1.165) is 5.56 Å². The van der Waals surface area contributed by atoms with E-state index in [4.69, 9.17) is 4.74 Å². The van der Waals surface area contributed by atoms with Gasteiger partial charge >= 0.3 is 0 Å². The molecule has 1 aromatic rings. The molecule has 0 amide bonds. The van der Waals surface area contributed by atoms with Gasteiger partial charge < -0.3 is 4.74 Å². The lowest BCUT2D eigenvalue weighted by Gasteiger charge is -1.88. The van der Waals surface area contributed by atoms with E-state index < -0.39 is 0 Å². The van der Waals surface area contributed by atoms with Gasteiger partial charge in [-0.2, -0.15) is 0 Å². The minimum absolute atomic E-state index is 1.11. The Morgan fingerprint density at radius 3 is 2.67 bits per heavy atom. The lowest BCUT2D eigenvalue weighted by molar-refractivity contribution is 0.443. The second kappa shape index (κ2) is 5.03. The monoisotopic (exact) mass is 158 g/mol. The van der Waals surface area contributed by atoms with Gasteiger partial charge in [-0.05, 0) is 11.6 Å². The van der Waals surface area contributed by atoms with Gasteiger partial charge in [0.1, 0.15) is 12.4 Å². The van der Waals surface area contributed by atoms with Gasteiger partial charge in [0.05, 0.1) is 0 Å². The van der Waals surface area contributed by atoms with Crippen LogP contribution in [0.15, 0.2) is 36.6 Å². The Kier molecular flexibility index (Phi) is 3.53. The van der Waals surface area contributed by atoms with Crippen LogP contribution in [0.5, 0.6) is 0 Å². The zero-order chi connectivity index (χ0) is 8.65. The molecule has 0 N–H and O–H groups in total. The van der Waals surface area contributed by atoms with Gasteiger partial charge in [-0.25, -0.2) is 0 Å². The predicted molar refractivity (Wildman–Crippen MR) is 50.0 cm³/mol. The fourth-order valence-electron chi connectivity index (χ4n) is 0.770. The second-order valence-electron chi connectivity index (χ2n) is 2.18. The fourth-order valence-corrected chi connectivity index (χ4v) is 0.770. The summed E-state index contributed by atoms with van der Waals surface area (Å²) in [5, 5.41) is 0. The van der Waals surface area contributed by atoms with Crippen LogP contribution >= 0.6 is 0 Å². The molecule has 0 fully saturated rings. The maximum atomic E-state index is 4.85. The summed E-state index contributed by atoms with van der Waals surface area (Å²) in [7, 11) is 0. The summed E-state index contributed by atoms with van der Waals surface area (Å²) in [6, 6.07) is 9.93. The Morgan fingerprint density at radius 2 is 2.00 bits per heavy atom. The maximum Gasteiger partial charge on any atom is 0.115 e. The van der Waals surface area contributed by atoms with Crippen molar-refractivity contribution in [2.75, 3.05) is 0 Å². The van der Waals surface area contributed by atoms with Gasteiger partial charge in [-0.1, -0.05) is 36.3 Å². The van der Waals surface area contributed by atoms with Crippen LogP contribution in [-0.2, 0) is 4.74 Å². The van der Waals surface area contributed by atoms with Gasteiger partial charge in [0.15, 0.2) is 0 Å². The highest BCUT2D eigenvalue weighted by Gasteiger charge is 1.80. The number of rotatable bonds is 2. The molecule has 0 aliphatic carbocycles. The fraction of sp³-hybridized carbons (Fsp3) is 0.0909. The van der Waals surface area contributed by atoms with Gasteiger partial charge in [0.25, 0.3) is 0 Å². The second-order valence-corrected chi connectivity index (χ2v) is 2.18. The first kappa shape index (κ1) is 8.42. The van der Waals surface area contributed by atoms with Crippen LogP contribution in [0.4, 0.5) is 0 Å². The van der Waals surface area contributed by atoms with Gasteiger partial charge in [-0.3, -0.25) is 0 Å². The van der Waals surface area contributed by atoms with Crippen LogP contribution in [-0.4, -0.2) is 0 Å². The first-order valence-corrected chi connectivity index (χ1v) is 3.72. The lowest BCUT2D eigenvalue weighted by Crippen LogP contribution is -1.69. The number of hydrogen-bond donors (Lipinski definition) is 0. The van der Waals surface area contributed by atoms with Crippen LogP contribution in [0.1, 0.15) is 12.5 Å². The molecule has 0 atom stereocenters. The summed E-state index contributed by atoms with van der Waals surface area (Å²) < 4.78 is 4.85. The van der Waals surface area contributed by atoms with Gasteiger partial charge in [0.2, 0.25) is 0 Å². The van der Waals surface area contributed by atoms with E-state index in [1.807, 2.05) is 36.4 Å². The Morgan fingerprint density at radius 1 is 1.25 bits per heavy atom. The first-order chi connectivity index (χ1) is 5.93. The highest BCUT2D eigenvalue weighted by molar-refractivity contribution is 5.47. The van der Waals surface area contributed by atoms with Crippen molar-refractivity contribution in [1.29, 1.82) is 0 Å². The van der Waals surface area contributed by atoms with Crippen LogP contribution in [0.25, 0.3) is 6.08 Å². The van der Waals surface area contributed by atoms with E-state index in [9.17, 15) is 0 Å². The molecule has 0 saturated carbocycles. The molecule has 0 aliphatic heterocycles. The van der Waals surface area contributed by atoms with Crippen molar-refractivity contribution in [2.24, 2.45) is 0 Å². The summed E-state index contributed by atoms with van der Waals surface area (Å²) in [4.78, 5) is 0. The third kappa shape index (κ3) is 2.94. The Balaban J connectivity index is 2.50. The topological polar surface area (TPSA) is 9.23 Å². The summed E-state index contributed by atoms with van der Waals surface area (Å²) in [5.74, 6) is 2.63. The highest BCUT2D eigenvalue weighted by Crippen LogP contribution is 2.00. The number of hydrogen-bond acceptors (Lipinski definition) is 1. The van der Waals surface area contributed by atoms with E-state index in [1.54, 1.807) is 13.2 Å². The summed E-state index contributed by atoms with van der Waals surface area (Å²) in [6.07, 6.45) is 5.92. The van der Waals surface area contributed by atoms with Crippen molar-refractivity contribution < 1.29 is 4.74 Å². The smallest absolute Gasteiger partial charge is 0.115 e. The molecule has 60 valence electrons. The normalized spacial score (nSPS) is 9.08. The van der Waals surface area contributed by atoms with Crippen LogP contribution < -0.4 is 0 Å². The molecule has 0 spiro atoms. The molecular weight excluding hydrogens is 148 g/mol. The molecular formula is C11H10O. The molecule has 1 nitrogen and oxygen atoms in total. The number of ether oxygens (including phenoxy) is 1. The van der Waals surface area contributed by atoms with Crippen LogP contribution in [0, 0.1) is 12.0 Å². The van der Waals surface area contributed by atoms with E-state index in [1.165, 1.54) is 0 Å². The predicted octanol–water partition coefficient (Wildman–Crippen LogP) is 2.65. The van der Waals surface area contributed by atoms with Crippen molar-refractivity contribution in [1.82, 2.24) is 0 Å². The molecule has 0 radical (unpaired) electrons. The standard InChI is InChI=1S/C11H10O/c1-2-9-12-10-8-11-6-4-3-5-7-11/h3-8,10H,1H3. The first-order valence-electron chi connectivity index (χ1n) is 3.72. The molecule has 0 aliphatic rings. The summed E-state index contributed by atoms with van der Waals surface area (Å²) >= 11 is 0. The average molecular weight is 158 g/mol. The van der Waals surface area contributed by atoms with E-state index in [2.05, 4.69) is 12.0 Å². The van der Waals surface area contributed by atoms with Crippen molar-refractivity contribution in [3.63, 3.8) is 0 Å². The molecule has 0 bridgehead atoms. The average Bonchev–Trinajstić information content (AvgIpc) is 2.14. The van der Waals surface area contributed by atoms with E-state index in [-0.39, 0.29) is 0 Å². The third-order valence-electron chi connectivity index (χ3n) is 1.29. The molecule has 1 heteroatoms. The Hall–Kier alpha value is -1.68. The Bertz CT molecular complexity index is 301.